The molecular weight excluding hydrogens is 316 g/mol. The molecule has 4 heteroatoms. The number of carbonyl (C=O) groups is 1. The van der Waals surface area contributed by atoms with E-state index in [1.54, 1.807) is 0 Å². The van der Waals surface area contributed by atoms with Crippen molar-refractivity contribution in [2.24, 2.45) is 0 Å². The molecule has 1 aliphatic heterocycles. The Labute approximate surface area is 151 Å². The second-order valence-electron chi connectivity index (χ2n) is 6.77. The van der Waals surface area contributed by atoms with Crippen LogP contribution in [0.15, 0.2) is 30.3 Å². The molecule has 0 saturated carbocycles. The number of carbonyl (C=O) groups excluding carboxylic acids is 1. The molecule has 1 aromatic rings. The van der Waals surface area contributed by atoms with Gasteiger partial charge in [-0.15, -0.1) is 0 Å². The van der Waals surface area contributed by atoms with E-state index in [4.69, 9.17) is 14.2 Å². The minimum Gasteiger partial charge on any atom is -0.482 e. The van der Waals surface area contributed by atoms with Gasteiger partial charge in [0.05, 0.1) is 6.61 Å². The predicted molar refractivity (Wildman–Crippen MR) is 98.8 cm³/mol. The fourth-order valence-electron chi connectivity index (χ4n) is 2.93. The molecule has 2 atom stereocenters. The largest absolute Gasteiger partial charge is 0.482 e. The fraction of sp³-hybridized carbons (Fsp3) is 0.667. The lowest BCUT2D eigenvalue weighted by Crippen LogP contribution is -2.27. The molecule has 0 aromatic heterocycles. The lowest BCUT2D eigenvalue weighted by atomic mass is 10.0. The van der Waals surface area contributed by atoms with Gasteiger partial charge in [0.1, 0.15) is 18.0 Å². The molecule has 140 valence electrons. The Hall–Kier alpha value is -1.55. The van der Waals surface area contributed by atoms with Crippen molar-refractivity contribution in [2.75, 3.05) is 13.2 Å². The molecule has 25 heavy (non-hydrogen) atoms. The van der Waals surface area contributed by atoms with E-state index in [9.17, 15) is 4.79 Å². The van der Waals surface area contributed by atoms with Gasteiger partial charge in [0, 0.05) is 0 Å². The Balaban J connectivity index is 1.56. The summed E-state index contributed by atoms with van der Waals surface area (Å²) in [6.45, 7) is 2.89. The second-order valence-corrected chi connectivity index (χ2v) is 6.77. The molecule has 4 nitrogen and oxygen atoms in total. The van der Waals surface area contributed by atoms with Gasteiger partial charge in [-0.05, 0) is 25.0 Å². The van der Waals surface area contributed by atoms with Crippen molar-refractivity contribution in [3.05, 3.63) is 30.3 Å². The first-order chi connectivity index (χ1) is 12.3. The maximum Gasteiger partial charge on any atom is 0.344 e. The van der Waals surface area contributed by atoms with Gasteiger partial charge in [-0.2, -0.15) is 0 Å². The Morgan fingerprint density at radius 2 is 1.72 bits per heavy atom. The summed E-state index contributed by atoms with van der Waals surface area (Å²) >= 11 is 0. The highest BCUT2D eigenvalue weighted by Gasteiger charge is 2.35. The molecular formula is C21H32O4. The number of rotatable bonds is 14. The Morgan fingerprint density at radius 1 is 1.08 bits per heavy atom. The quantitative estimate of drug-likeness (QED) is 0.272. The third-order valence-corrected chi connectivity index (χ3v) is 4.50. The fourth-order valence-corrected chi connectivity index (χ4v) is 2.93. The number of hydrogen-bond acceptors (Lipinski definition) is 4. The van der Waals surface area contributed by atoms with Crippen LogP contribution in [0.5, 0.6) is 5.75 Å². The molecule has 1 aliphatic rings. The molecule has 2 rings (SSSR count). The van der Waals surface area contributed by atoms with Gasteiger partial charge in [-0.1, -0.05) is 70.1 Å². The van der Waals surface area contributed by atoms with Crippen LogP contribution in [0.1, 0.15) is 64.7 Å². The Kier molecular flexibility index (Phi) is 9.42. The molecule has 0 N–H and O–H groups in total. The molecule has 1 saturated heterocycles. The van der Waals surface area contributed by atoms with E-state index in [0.717, 1.165) is 12.8 Å². The highest BCUT2D eigenvalue weighted by Crippen LogP contribution is 2.23. The van der Waals surface area contributed by atoms with Crippen molar-refractivity contribution in [1.82, 2.24) is 0 Å². The maximum absolute atomic E-state index is 12.0. The maximum atomic E-state index is 12.0. The molecule has 0 radical (unpaired) electrons. The molecule has 0 aliphatic carbocycles. The first kappa shape index (κ1) is 19.8. The van der Waals surface area contributed by atoms with Gasteiger partial charge in [0.2, 0.25) is 0 Å². The number of unbranched alkanes of at least 4 members (excludes halogenated alkanes) is 7. The number of hydrogen-bond donors (Lipinski definition) is 0. The summed E-state index contributed by atoms with van der Waals surface area (Å²) in [5, 5.41) is 0. The number of ether oxygens (including phenoxy) is 3. The standard InChI is InChI=1S/C21H32O4/c1-2-3-4-5-6-7-8-12-15-19(20-16-24-20)25-21(22)17-23-18-13-10-9-11-14-18/h9-11,13-14,19-20H,2-8,12,15-17H2,1H3/t19-,20+/m1/s1. The van der Waals surface area contributed by atoms with Crippen molar-refractivity contribution < 1.29 is 19.0 Å². The summed E-state index contributed by atoms with van der Waals surface area (Å²) in [4.78, 5) is 12.0. The van der Waals surface area contributed by atoms with E-state index in [2.05, 4.69) is 6.92 Å². The zero-order valence-electron chi connectivity index (χ0n) is 15.5. The minimum atomic E-state index is -0.316. The number of epoxide rings is 1. The van der Waals surface area contributed by atoms with Gasteiger partial charge >= 0.3 is 5.97 Å². The van der Waals surface area contributed by atoms with Crippen LogP contribution in [-0.4, -0.2) is 31.4 Å². The number of para-hydroxylation sites is 1. The van der Waals surface area contributed by atoms with Crippen LogP contribution in [0.2, 0.25) is 0 Å². The van der Waals surface area contributed by atoms with Crippen molar-refractivity contribution >= 4 is 5.97 Å². The molecule has 1 heterocycles. The number of benzene rings is 1. The van der Waals surface area contributed by atoms with Crippen molar-refractivity contribution in [1.29, 1.82) is 0 Å². The lowest BCUT2D eigenvalue weighted by molar-refractivity contribution is -0.152. The third-order valence-electron chi connectivity index (χ3n) is 4.50. The summed E-state index contributed by atoms with van der Waals surface area (Å²) in [6, 6.07) is 9.33. The third kappa shape index (κ3) is 8.92. The van der Waals surface area contributed by atoms with Crippen LogP contribution in [0.25, 0.3) is 0 Å². The normalized spacial score (nSPS) is 17.1. The topological polar surface area (TPSA) is 48.1 Å². The summed E-state index contributed by atoms with van der Waals surface area (Å²) in [7, 11) is 0. The van der Waals surface area contributed by atoms with Crippen molar-refractivity contribution in [2.45, 2.75) is 76.9 Å². The summed E-state index contributed by atoms with van der Waals surface area (Å²) in [5.74, 6) is 0.366. The van der Waals surface area contributed by atoms with E-state index in [1.165, 1.54) is 44.9 Å². The van der Waals surface area contributed by atoms with Gasteiger partial charge in [-0.25, -0.2) is 4.79 Å². The molecule has 0 bridgehead atoms. The second kappa shape index (κ2) is 11.9. The zero-order chi connectivity index (χ0) is 17.7. The molecule has 0 unspecified atom stereocenters. The van der Waals surface area contributed by atoms with Crippen LogP contribution in [-0.2, 0) is 14.3 Å². The van der Waals surface area contributed by atoms with E-state index in [0.29, 0.717) is 12.4 Å². The smallest absolute Gasteiger partial charge is 0.344 e. The van der Waals surface area contributed by atoms with Crippen LogP contribution in [0.3, 0.4) is 0 Å². The van der Waals surface area contributed by atoms with Gasteiger partial charge in [-0.3, -0.25) is 0 Å². The zero-order valence-corrected chi connectivity index (χ0v) is 15.5. The summed E-state index contributed by atoms with van der Waals surface area (Å²) in [5.41, 5.74) is 0. The monoisotopic (exact) mass is 348 g/mol. The summed E-state index contributed by atoms with van der Waals surface area (Å²) in [6.07, 6.45) is 11.1. The lowest BCUT2D eigenvalue weighted by Gasteiger charge is -2.16. The van der Waals surface area contributed by atoms with Crippen LogP contribution >= 0.6 is 0 Å². The highest BCUT2D eigenvalue weighted by molar-refractivity contribution is 5.71. The first-order valence-electron chi connectivity index (χ1n) is 9.78. The van der Waals surface area contributed by atoms with E-state index in [1.807, 2.05) is 30.3 Å². The molecule has 1 fully saturated rings. The van der Waals surface area contributed by atoms with Crippen molar-refractivity contribution in [3.8, 4) is 5.75 Å². The van der Waals surface area contributed by atoms with Gasteiger partial charge < -0.3 is 14.2 Å². The van der Waals surface area contributed by atoms with Crippen LogP contribution in [0.4, 0.5) is 0 Å². The van der Waals surface area contributed by atoms with Crippen LogP contribution in [0, 0.1) is 0 Å². The molecule has 0 amide bonds. The Morgan fingerprint density at radius 3 is 2.36 bits per heavy atom. The van der Waals surface area contributed by atoms with E-state index in [-0.39, 0.29) is 24.8 Å². The SMILES string of the molecule is CCCCCCCCCC[C@@H](OC(=O)COc1ccccc1)[C@@H]1CO1. The summed E-state index contributed by atoms with van der Waals surface area (Å²) < 4.78 is 16.3. The van der Waals surface area contributed by atoms with E-state index < -0.39 is 0 Å². The van der Waals surface area contributed by atoms with Gasteiger partial charge in [0.25, 0.3) is 0 Å². The Bertz CT molecular complexity index is 470. The molecule has 0 spiro atoms. The van der Waals surface area contributed by atoms with Gasteiger partial charge in [0.15, 0.2) is 6.61 Å². The van der Waals surface area contributed by atoms with E-state index >= 15 is 0 Å². The predicted octanol–water partition coefficient (Wildman–Crippen LogP) is 4.91. The number of esters is 1. The highest BCUT2D eigenvalue weighted by atomic mass is 16.6. The average molecular weight is 348 g/mol. The minimum absolute atomic E-state index is 0.0509. The van der Waals surface area contributed by atoms with Crippen molar-refractivity contribution in [3.63, 3.8) is 0 Å². The van der Waals surface area contributed by atoms with Crippen LogP contribution < -0.4 is 4.74 Å². The average Bonchev–Trinajstić information content (AvgIpc) is 3.47. The molecule has 1 aromatic carbocycles. The first-order valence-corrected chi connectivity index (χ1v) is 9.78.